The molecule has 1 aromatic carbocycles. The second-order valence-electron chi connectivity index (χ2n) is 4.74. The number of nitrogens with one attached hydrogen (secondary N) is 1. The molecule has 0 spiro atoms. The highest BCUT2D eigenvalue weighted by Crippen LogP contribution is 2.30. The van der Waals surface area contributed by atoms with Crippen molar-refractivity contribution in [3.8, 4) is 24.0 Å². The van der Waals surface area contributed by atoms with Gasteiger partial charge in [-0.05, 0) is 18.6 Å². The van der Waals surface area contributed by atoms with Gasteiger partial charge in [0.05, 0.1) is 18.8 Å². The van der Waals surface area contributed by atoms with Gasteiger partial charge in [-0.3, -0.25) is 0 Å². The highest BCUT2D eigenvalue weighted by Gasteiger charge is 2.41. The van der Waals surface area contributed by atoms with Crippen LogP contribution in [0.5, 0.6) is 11.5 Å². The van der Waals surface area contributed by atoms with Gasteiger partial charge >= 0.3 is 0 Å². The van der Waals surface area contributed by atoms with Crippen molar-refractivity contribution in [2.75, 3.05) is 20.0 Å². The summed E-state index contributed by atoms with van der Waals surface area (Å²) >= 11 is 0. The fourth-order valence-electron chi connectivity index (χ4n) is 2.54. The van der Waals surface area contributed by atoms with Crippen molar-refractivity contribution in [3.63, 3.8) is 0 Å². The number of para-hydroxylation sites is 2. The van der Waals surface area contributed by atoms with Crippen LogP contribution in [0.2, 0.25) is 0 Å². The van der Waals surface area contributed by atoms with Crippen molar-refractivity contribution in [3.05, 3.63) is 24.3 Å². The van der Waals surface area contributed by atoms with Gasteiger partial charge in [-0.1, -0.05) is 18.6 Å². The highest BCUT2D eigenvalue weighted by molar-refractivity contribution is 5.40. The van der Waals surface area contributed by atoms with Gasteiger partial charge in [0.1, 0.15) is 6.10 Å². The lowest BCUT2D eigenvalue weighted by Crippen LogP contribution is -2.37. The maximum Gasteiger partial charge on any atom is 0.231 e. The molecule has 3 aliphatic heterocycles. The van der Waals surface area contributed by atoms with Crippen LogP contribution in [0.15, 0.2) is 24.3 Å². The molecule has 1 aromatic rings. The SMILES string of the molecule is C#CNC1COC2CCOC12.c1ccc2c(c1)OCO2. The summed E-state index contributed by atoms with van der Waals surface area (Å²) in [5, 5.41) is 2.89. The molecule has 3 atom stereocenters. The van der Waals surface area contributed by atoms with Crippen LogP contribution < -0.4 is 14.8 Å². The van der Waals surface area contributed by atoms with E-state index in [0.29, 0.717) is 13.4 Å². The summed E-state index contributed by atoms with van der Waals surface area (Å²) in [7, 11) is 0. The Morgan fingerprint density at radius 1 is 1.15 bits per heavy atom. The molecule has 3 heterocycles. The van der Waals surface area contributed by atoms with E-state index < -0.39 is 0 Å². The summed E-state index contributed by atoms with van der Waals surface area (Å²) in [4.78, 5) is 0. The number of hydrogen-bond donors (Lipinski definition) is 1. The molecule has 0 aromatic heterocycles. The molecule has 0 saturated carbocycles. The molecule has 2 saturated heterocycles. The molecule has 5 heteroatoms. The zero-order chi connectivity index (χ0) is 13.8. The summed E-state index contributed by atoms with van der Waals surface area (Å²) in [6.07, 6.45) is 6.59. The number of hydrogen-bond acceptors (Lipinski definition) is 5. The molecule has 106 valence electrons. The molecule has 4 rings (SSSR count). The predicted octanol–water partition coefficient (Wildman–Crippen LogP) is 1.14. The van der Waals surface area contributed by atoms with Crippen LogP contribution in [-0.2, 0) is 9.47 Å². The molecule has 0 radical (unpaired) electrons. The minimum absolute atomic E-state index is 0.186. The summed E-state index contributed by atoms with van der Waals surface area (Å²) in [5.41, 5.74) is 0. The smallest absolute Gasteiger partial charge is 0.231 e. The van der Waals surface area contributed by atoms with Gasteiger partial charge in [0.15, 0.2) is 11.5 Å². The normalized spacial score (nSPS) is 29.1. The third-order valence-corrected chi connectivity index (χ3v) is 3.51. The van der Waals surface area contributed by atoms with Gasteiger partial charge in [-0.2, -0.15) is 0 Å². The summed E-state index contributed by atoms with van der Waals surface area (Å²) < 4.78 is 21.1. The number of benzene rings is 1. The minimum Gasteiger partial charge on any atom is -0.454 e. The second kappa shape index (κ2) is 6.04. The van der Waals surface area contributed by atoms with Crippen LogP contribution in [0.25, 0.3) is 0 Å². The van der Waals surface area contributed by atoms with Gasteiger partial charge in [0.25, 0.3) is 0 Å². The topological polar surface area (TPSA) is 49.0 Å². The molecule has 0 amide bonds. The van der Waals surface area contributed by atoms with E-state index in [4.69, 9.17) is 25.4 Å². The average molecular weight is 275 g/mol. The number of terminal acetylenes is 1. The van der Waals surface area contributed by atoms with Crippen molar-refractivity contribution < 1.29 is 18.9 Å². The maximum atomic E-state index is 5.46. The number of fused-ring (bicyclic) bond motifs is 2. The van der Waals surface area contributed by atoms with E-state index in [0.717, 1.165) is 24.5 Å². The molecular formula is C15H17NO4. The first kappa shape index (κ1) is 13.1. The Bertz CT molecular complexity index is 476. The Labute approximate surface area is 118 Å². The first-order valence-electron chi connectivity index (χ1n) is 6.67. The molecule has 3 aliphatic rings. The Morgan fingerprint density at radius 2 is 1.90 bits per heavy atom. The van der Waals surface area contributed by atoms with E-state index in [1.165, 1.54) is 0 Å². The quantitative estimate of drug-likeness (QED) is 0.615. The van der Waals surface area contributed by atoms with Gasteiger partial charge in [-0.25, -0.2) is 0 Å². The van der Waals surface area contributed by atoms with E-state index in [2.05, 4.69) is 11.4 Å². The predicted molar refractivity (Wildman–Crippen MR) is 72.4 cm³/mol. The van der Waals surface area contributed by atoms with Gasteiger partial charge in [-0.15, -0.1) is 0 Å². The van der Waals surface area contributed by atoms with Crippen LogP contribution in [0.4, 0.5) is 0 Å². The van der Waals surface area contributed by atoms with Crippen LogP contribution in [0.3, 0.4) is 0 Å². The first-order valence-corrected chi connectivity index (χ1v) is 6.67. The standard InChI is InChI=1S/C8H11NO2.C7H6O2/c1-2-9-6-5-11-7-3-4-10-8(6)7;1-2-4-7-6(3-1)8-5-9-7/h1,6-9H,3-5H2;1-4H,5H2. The zero-order valence-corrected chi connectivity index (χ0v) is 11.1. The van der Waals surface area contributed by atoms with Crippen LogP contribution >= 0.6 is 0 Å². The highest BCUT2D eigenvalue weighted by atomic mass is 16.7. The number of ether oxygens (including phenoxy) is 4. The second-order valence-corrected chi connectivity index (χ2v) is 4.74. The Balaban J connectivity index is 0.000000123. The lowest BCUT2D eigenvalue weighted by atomic mass is 10.1. The molecule has 0 aliphatic carbocycles. The fourth-order valence-corrected chi connectivity index (χ4v) is 2.54. The van der Waals surface area contributed by atoms with Crippen LogP contribution in [-0.4, -0.2) is 38.3 Å². The largest absolute Gasteiger partial charge is 0.454 e. The molecule has 0 bridgehead atoms. The molecular weight excluding hydrogens is 258 g/mol. The van der Waals surface area contributed by atoms with E-state index in [9.17, 15) is 0 Å². The number of rotatable bonds is 1. The summed E-state index contributed by atoms with van der Waals surface area (Å²) in [5.74, 6) is 1.69. The lowest BCUT2D eigenvalue weighted by molar-refractivity contribution is 0.0695. The zero-order valence-electron chi connectivity index (χ0n) is 11.1. The maximum absolute atomic E-state index is 5.46. The van der Waals surface area contributed by atoms with E-state index in [1.54, 1.807) is 0 Å². The lowest BCUT2D eigenvalue weighted by Gasteiger charge is -2.13. The van der Waals surface area contributed by atoms with Gasteiger partial charge in [0.2, 0.25) is 6.79 Å². The van der Waals surface area contributed by atoms with Crippen molar-refractivity contribution >= 4 is 0 Å². The van der Waals surface area contributed by atoms with Crippen molar-refractivity contribution in [2.24, 2.45) is 0 Å². The third-order valence-electron chi connectivity index (χ3n) is 3.51. The van der Waals surface area contributed by atoms with E-state index >= 15 is 0 Å². The monoisotopic (exact) mass is 275 g/mol. The van der Waals surface area contributed by atoms with Gasteiger partial charge in [0, 0.05) is 12.7 Å². The molecule has 1 N–H and O–H groups in total. The average Bonchev–Trinajstić information content (AvgIpc) is 3.16. The summed E-state index contributed by atoms with van der Waals surface area (Å²) in [6, 6.07) is 10.2. The van der Waals surface area contributed by atoms with Crippen molar-refractivity contribution in [2.45, 2.75) is 24.7 Å². The Kier molecular flexibility index (Phi) is 3.95. The molecule has 3 unspecified atom stereocenters. The Hall–Kier alpha value is -1.90. The summed E-state index contributed by atoms with van der Waals surface area (Å²) in [6.45, 7) is 1.84. The third kappa shape index (κ3) is 2.67. The van der Waals surface area contributed by atoms with Crippen molar-refractivity contribution in [1.82, 2.24) is 5.32 Å². The van der Waals surface area contributed by atoms with E-state index in [-0.39, 0.29) is 18.2 Å². The molecule has 20 heavy (non-hydrogen) atoms. The van der Waals surface area contributed by atoms with Gasteiger partial charge < -0.3 is 24.3 Å². The van der Waals surface area contributed by atoms with Crippen LogP contribution in [0, 0.1) is 12.5 Å². The Morgan fingerprint density at radius 3 is 2.60 bits per heavy atom. The fraction of sp³-hybridized carbons (Fsp3) is 0.467. The molecule has 2 fully saturated rings. The van der Waals surface area contributed by atoms with E-state index in [1.807, 2.05) is 24.3 Å². The first-order chi connectivity index (χ1) is 9.88. The van der Waals surface area contributed by atoms with Crippen molar-refractivity contribution in [1.29, 1.82) is 0 Å². The van der Waals surface area contributed by atoms with Crippen LogP contribution in [0.1, 0.15) is 6.42 Å². The minimum atomic E-state index is 0.186. The molecule has 5 nitrogen and oxygen atoms in total.